The van der Waals surface area contributed by atoms with Crippen molar-refractivity contribution in [3.05, 3.63) is 24.2 Å². The summed E-state index contributed by atoms with van der Waals surface area (Å²) in [4.78, 5) is 11.4. The summed E-state index contributed by atoms with van der Waals surface area (Å²) in [6, 6.07) is 0. The SMILES string of the molecule is CO/C=C/C(O)=C/C(=O)C1(C)CC1. The molecule has 1 rings (SSSR count). The van der Waals surface area contributed by atoms with Crippen LogP contribution in [0, 0.1) is 5.41 Å². The van der Waals surface area contributed by atoms with Gasteiger partial charge in [-0.25, -0.2) is 0 Å². The summed E-state index contributed by atoms with van der Waals surface area (Å²) in [6.45, 7) is 1.90. The molecule has 1 fully saturated rings. The highest BCUT2D eigenvalue weighted by Crippen LogP contribution is 2.46. The van der Waals surface area contributed by atoms with Crippen molar-refractivity contribution in [3.63, 3.8) is 0 Å². The van der Waals surface area contributed by atoms with E-state index in [2.05, 4.69) is 4.74 Å². The number of ether oxygens (including phenoxy) is 1. The fraction of sp³-hybridized carbons (Fsp3) is 0.500. The van der Waals surface area contributed by atoms with Crippen LogP contribution in [0.5, 0.6) is 0 Å². The Labute approximate surface area is 77.7 Å². The molecule has 0 bridgehead atoms. The first-order valence-corrected chi connectivity index (χ1v) is 4.23. The van der Waals surface area contributed by atoms with Gasteiger partial charge < -0.3 is 9.84 Å². The van der Waals surface area contributed by atoms with Gasteiger partial charge in [0, 0.05) is 17.6 Å². The van der Waals surface area contributed by atoms with Crippen molar-refractivity contribution in [1.29, 1.82) is 0 Å². The number of ketones is 1. The van der Waals surface area contributed by atoms with Gasteiger partial charge in [-0.2, -0.15) is 0 Å². The summed E-state index contributed by atoms with van der Waals surface area (Å²) in [5, 5.41) is 9.22. The van der Waals surface area contributed by atoms with Crippen LogP contribution < -0.4 is 0 Å². The molecular weight excluding hydrogens is 168 g/mol. The average Bonchev–Trinajstić information content (AvgIpc) is 2.81. The standard InChI is InChI=1S/C10H14O3/c1-10(4-5-10)9(12)7-8(11)3-6-13-2/h3,6-7,11H,4-5H2,1-2H3/b6-3+,8-7-. The van der Waals surface area contributed by atoms with Crippen molar-refractivity contribution in [2.45, 2.75) is 19.8 Å². The zero-order valence-electron chi connectivity index (χ0n) is 7.91. The van der Waals surface area contributed by atoms with Gasteiger partial charge in [-0.05, 0) is 12.8 Å². The number of rotatable bonds is 4. The van der Waals surface area contributed by atoms with Gasteiger partial charge >= 0.3 is 0 Å². The Hall–Kier alpha value is -1.25. The maximum Gasteiger partial charge on any atom is 0.165 e. The van der Waals surface area contributed by atoms with Gasteiger partial charge in [0.15, 0.2) is 5.78 Å². The number of aliphatic hydroxyl groups excluding tert-OH is 1. The lowest BCUT2D eigenvalue weighted by molar-refractivity contribution is -0.118. The summed E-state index contributed by atoms with van der Waals surface area (Å²) in [5.74, 6) is -0.0641. The molecule has 1 N–H and O–H groups in total. The maximum atomic E-state index is 11.4. The lowest BCUT2D eigenvalue weighted by Gasteiger charge is -2.00. The van der Waals surface area contributed by atoms with E-state index in [0.29, 0.717) is 0 Å². The minimum atomic E-state index is -0.213. The minimum Gasteiger partial charge on any atom is -0.508 e. The second-order valence-corrected chi connectivity index (χ2v) is 3.53. The van der Waals surface area contributed by atoms with Gasteiger partial charge in [-0.3, -0.25) is 4.79 Å². The molecule has 1 saturated carbocycles. The minimum absolute atomic E-state index is 0.00856. The lowest BCUT2D eigenvalue weighted by atomic mass is 10.0. The Morgan fingerprint density at radius 3 is 2.62 bits per heavy atom. The fourth-order valence-electron chi connectivity index (χ4n) is 0.928. The predicted octanol–water partition coefficient (Wildman–Crippen LogP) is 1.96. The second kappa shape index (κ2) is 3.64. The third-order valence-corrected chi connectivity index (χ3v) is 2.25. The van der Waals surface area contributed by atoms with Crippen LogP contribution in [-0.2, 0) is 9.53 Å². The molecule has 0 aromatic rings. The molecule has 0 aliphatic heterocycles. The molecule has 0 saturated heterocycles. The molecule has 3 nitrogen and oxygen atoms in total. The Balaban J connectivity index is 2.54. The van der Waals surface area contributed by atoms with Crippen LogP contribution >= 0.6 is 0 Å². The highest BCUT2D eigenvalue weighted by molar-refractivity contribution is 5.97. The average molecular weight is 182 g/mol. The number of methoxy groups -OCH3 is 1. The van der Waals surface area contributed by atoms with Crippen molar-refractivity contribution in [1.82, 2.24) is 0 Å². The van der Waals surface area contributed by atoms with E-state index < -0.39 is 0 Å². The van der Waals surface area contributed by atoms with E-state index in [0.717, 1.165) is 12.8 Å². The molecular formula is C10H14O3. The normalized spacial score (nSPS) is 20.3. The van der Waals surface area contributed by atoms with E-state index in [4.69, 9.17) is 0 Å². The molecule has 0 atom stereocenters. The van der Waals surface area contributed by atoms with Crippen LogP contribution in [0.4, 0.5) is 0 Å². The maximum absolute atomic E-state index is 11.4. The summed E-state index contributed by atoms with van der Waals surface area (Å²) in [6.07, 6.45) is 5.77. The van der Waals surface area contributed by atoms with E-state index in [1.807, 2.05) is 6.92 Å². The first-order chi connectivity index (χ1) is 6.08. The molecule has 0 amide bonds. The van der Waals surface area contributed by atoms with Crippen molar-refractivity contribution >= 4 is 5.78 Å². The van der Waals surface area contributed by atoms with Crippen LogP contribution in [0.2, 0.25) is 0 Å². The Morgan fingerprint density at radius 1 is 1.54 bits per heavy atom. The van der Waals surface area contributed by atoms with Gasteiger partial charge in [0.1, 0.15) is 5.76 Å². The molecule has 72 valence electrons. The second-order valence-electron chi connectivity index (χ2n) is 3.53. The molecule has 0 radical (unpaired) electrons. The first-order valence-electron chi connectivity index (χ1n) is 4.23. The number of hydrogen-bond acceptors (Lipinski definition) is 3. The van der Waals surface area contributed by atoms with E-state index in [1.54, 1.807) is 0 Å². The zero-order chi connectivity index (χ0) is 9.90. The van der Waals surface area contributed by atoms with Gasteiger partial charge in [0.25, 0.3) is 0 Å². The molecule has 1 aliphatic carbocycles. The largest absolute Gasteiger partial charge is 0.508 e. The summed E-state index contributed by atoms with van der Waals surface area (Å²) in [7, 11) is 1.48. The van der Waals surface area contributed by atoms with E-state index >= 15 is 0 Å². The third kappa shape index (κ3) is 2.61. The highest BCUT2D eigenvalue weighted by Gasteiger charge is 2.43. The number of hydrogen-bond donors (Lipinski definition) is 1. The highest BCUT2D eigenvalue weighted by atomic mass is 16.5. The van der Waals surface area contributed by atoms with Crippen LogP contribution in [0.3, 0.4) is 0 Å². The predicted molar refractivity (Wildman–Crippen MR) is 49.2 cm³/mol. The van der Waals surface area contributed by atoms with Crippen LogP contribution in [0.25, 0.3) is 0 Å². The number of aliphatic hydroxyl groups is 1. The summed E-state index contributed by atoms with van der Waals surface area (Å²) < 4.78 is 4.60. The van der Waals surface area contributed by atoms with Gasteiger partial charge in [0.2, 0.25) is 0 Å². The van der Waals surface area contributed by atoms with Crippen LogP contribution in [0.15, 0.2) is 24.2 Å². The topological polar surface area (TPSA) is 46.5 Å². The van der Waals surface area contributed by atoms with Gasteiger partial charge in [-0.1, -0.05) is 6.92 Å². The quantitative estimate of drug-likeness (QED) is 0.410. The van der Waals surface area contributed by atoms with E-state index in [9.17, 15) is 9.90 Å². The van der Waals surface area contributed by atoms with Gasteiger partial charge in [-0.15, -0.1) is 0 Å². The molecule has 1 aliphatic rings. The molecule has 0 aromatic heterocycles. The molecule has 3 heteroatoms. The number of carbonyl (C=O) groups excluding carboxylic acids is 1. The lowest BCUT2D eigenvalue weighted by Crippen LogP contribution is -2.08. The van der Waals surface area contributed by atoms with Crippen molar-refractivity contribution < 1.29 is 14.6 Å². The Bertz CT molecular complexity index is 259. The fourth-order valence-corrected chi connectivity index (χ4v) is 0.928. The van der Waals surface area contributed by atoms with E-state index in [-0.39, 0.29) is 17.0 Å². The molecule has 0 heterocycles. The summed E-state index contributed by atoms with van der Waals surface area (Å²) in [5.41, 5.74) is -0.213. The monoisotopic (exact) mass is 182 g/mol. The van der Waals surface area contributed by atoms with Crippen molar-refractivity contribution in [3.8, 4) is 0 Å². The first kappa shape index (κ1) is 9.84. The Kier molecular flexibility index (Phi) is 2.76. The van der Waals surface area contributed by atoms with E-state index in [1.165, 1.54) is 25.5 Å². The molecule has 13 heavy (non-hydrogen) atoms. The number of allylic oxidation sites excluding steroid dienone is 2. The molecule has 0 unspecified atom stereocenters. The Morgan fingerprint density at radius 2 is 2.15 bits per heavy atom. The third-order valence-electron chi connectivity index (χ3n) is 2.25. The van der Waals surface area contributed by atoms with Gasteiger partial charge in [0.05, 0.1) is 13.4 Å². The molecule has 0 spiro atoms. The van der Waals surface area contributed by atoms with Crippen LogP contribution in [-0.4, -0.2) is 18.0 Å². The van der Waals surface area contributed by atoms with Crippen LogP contribution in [0.1, 0.15) is 19.8 Å². The van der Waals surface area contributed by atoms with Crippen molar-refractivity contribution in [2.24, 2.45) is 5.41 Å². The smallest absolute Gasteiger partial charge is 0.165 e. The summed E-state index contributed by atoms with van der Waals surface area (Å²) >= 11 is 0. The van der Waals surface area contributed by atoms with Crippen molar-refractivity contribution in [2.75, 3.05) is 7.11 Å². The molecule has 0 aromatic carbocycles. The number of carbonyl (C=O) groups is 1. The zero-order valence-corrected chi connectivity index (χ0v) is 7.91.